The Morgan fingerprint density at radius 1 is 1.19 bits per heavy atom. The third-order valence-electron chi connectivity index (χ3n) is 4.06. The number of fused-ring (bicyclic) bond motifs is 2. The molecule has 0 saturated heterocycles. The van der Waals surface area contributed by atoms with Gasteiger partial charge in [-0.3, -0.25) is 4.98 Å². The molecule has 9 heteroatoms. The van der Waals surface area contributed by atoms with Crippen molar-refractivity contribution in [2.75, 3.05) is 23.7 Å². The van der Waals surface area contributed by atoms with Crippen molar-refractivity contribution in [3.63, 3.8) is 0 Å². The normalized spacial score (nSPS) is 10.9. The molecule has 0 aliphatic heterocycles. The molecule has 0 fully saturated rings. The van der Waals surface area contributed by atoms with Crippen molar-refractivity contribution >= 4 is 39.8 Å². The quantitative estimate of drug-likeness (QED) is 0.514. The second kappa shape index (κ2) is 7.05. The van der Waals surface area contributed by atoms with Gasteiger partial charge in [-0.05, 0) is 25.1 Å². The van der Waals surface area contributed by atoms with Crippen LogP contribution >= 0.6 is 11.6 Å². The molecule has 4 rings (SSSR count). The van der Waals surface area contributed by atoms with Crippen molar-refractivity contribution in [3.8, 4) is 6.07 Å². The highest BCUT2D eigenvalue weighted by molar-refractivity contribution is 6.31. The van der Waals surface area contributed by atoms with Gasteiger partial charge in [0, 0.05) is 41.5 Å². The van der Waals surface area contributed by atoms with Crippen molar-refractivity contribution < 1.29 is 0 Å². The molecule has 4 aromatic rings. The third-order valence-corrected chi connectivity index (χ3v) is 4.30. The maximum atomic E-state index is 9.40. The van der Waals surface area contributed by atoms with Crippen molar-refractivity contribution in [1.82, 2.24) is 24.6 Å². The monoisotopic (exact) mass is 378 g/mol. The summed E-state index contributed by atoms with van der Waals surface area (Å²) in [4.78, 5) is 12.7. The Morgan fingerprint density at radius 2 is 2.04 bits per heavy atom. The SMILES string of the molecule is Cc1cc(NCCNc2c(C#N)cnc3ccc(Cl)cc23)n2ncnc2n1. The van der Waals surface area contributed by atoms with Crippen LogP contribution in [0.15, 0.2) is 36.8 Å². The standard InChI is InChI=1S/C18H15ClN8/c1-11-6-16(27-18(26-11)24-10-25-27)21-4-5-22-17-12(8-20)9-23-15-3-2-13(19)7-14(15)17/h2-3,6-7,9-10,21H,4-5H2,1H3,(H,22,23). The number of pyridine rings is 1. The van der Waals surface area contributed by atoms with Gasteiger partial charge in [0.25, 0.3) is 5.78 Å². The van der Waals surface area contributed by atoms with E-state index in [1.807, 2.05) is 25.1 Å². The van der Waals surface area contributed by atoms with E-state index < -0.39 is 0 Å². The highest BCUT2D eigenvalue weighted by Crippen LogP contribution is 2.28. The first-order chi connectivity index (χ1) is 13.2. The lowest BCUT2D eigenvalue weighted by molar-refractivity contribution is 0.915. The fraction of sp³-hybridized carbons (Fsp3) is 0.167. The molecule has 2 N–H and O–H groups in total. The molecule has 0 aliphatic carbocycles. The molecule has 0 amide bonds. The number of halogens is 1. The minimum Gasteiger partial charge on any atom is -0.382 e. The average molecular weight is 379 g/mol. The highest BCUT2D eigenvalue weighted by Gasteiger charge is 2.10. The van der Waals surface area contributed by atoms with Gasteiger partial charge < -0.3 is 10.6 Å². The van der Waals surface area contributed by atoms with Gasteiger partial charge in [-0.2, -0.15) is 19.9 Å². The predicted octanol–water partition coefficient (Wildman–Crippen LogP) is 3.03. The van der Waals surface area contributed by atoms with Gasteiger partial charge in [-0.15, -0.1) is 0 Å². The van der Waals surface area contributed by atoms with Crippen molar-refractivity contribution in [1.29, 1.82) is 5.26 Å². The van der Waals surface area contributed by atoms with Gasteiger partial charge in [0.2, 0.25) is 0 Å². The second-order valence-corrected chi connectivity index (χ2v) is 6.36. The number of nitrogens with zero attached hydrogens (tertiary/aromatic N) is 6. The fourth-order valence-corrected chi connectivity index (χ4v) is 3.05. The Balaban J connectivity index is 1.53. The van der Waals surface area contributed by atoms with E-state index in [2.05, 4.69) is 36.8 Å². The lowest BCUT2D eigenvalue weighted by atomic mass is 10.1. The Morgan fingerprint density at radius 3 is 2.89 bits per heavy atom. The molecule has 3 aromatic heterocycles. The van der Waals surface area contributed by atoms with E-state index >= 15 is 0 Å². The number of hydrogen-bond acceptors (Lipinski definition) is 7. The zero-order valence-corrected chi connectivity index (χ0v) is 15.2. The molecule has 0 aliphatic rings. The van der Waals surface area contributed by atoms with Crippen LogP contribution < -0.4 is 10.6 Å². The summed E-state index contributed by atoms with van der Waals surface area (Å²) >= 11 is 6.11. The molecule has 0 bridgehead atoms. The lowest BCUT2D eigenvalue weighted by Gasteiger charge is -2.13. The maximum Gasteiger partial charge on any atom is 0.254 e. The average Bonchev–Trinajstić information content (AvgIpc) is 3.13. The first kappa shape index (κ1) is 17.0. The molecule has 0 saturated carbocycles. The largest absolute Gasteiger partial charge is 0.382 e. The molecule has 1 aromatic carbocycles. The van der Waals surface area contributed by atoms with Crippen LogP contribution in [0, 0.1) is 18.3 Å². The van der Waals surface area contributed by atoms with Crippen LogP contribution in [0.1, 0.15) is 11.3 Å². The molecular formula is C18H15ClN8. The topological polar surface area (TPSA) is 104 Å². The zero-order chi connectivity index (χ0) is 18.8. The van der Waals surface area contributed by atoms with E-state index in [0.717, 1.165) is 28.1 Å². The van der Waals surface area contributed by atoms with Gasteiger partial charge in [-0.1, -0.05) is 11.6 Å². The number of hydrogen-bond donors (Lipinski definition) is 2. The van der Waals surface area contributed by atoms with Crippen LogP contribution in [0.2, 0.25) is 5.02 Å². The Bertz CT molecular complexity index is 1180. The van der Waals surface area contributed by atoms with E-state index in [-0.39, 0.29) is 0 Å². The molecule has 0 radical (unpaired) electrons. The van der Waals surface area contributed by atoms with Crippen LogP contribution in [-0.2, 0) is 0 Å². The van der Waals surface area contributed by atoms with Gasteiger partial charge in [0.1, 0.15) is 18.2 Å². The molecule has 134 valence electrons. The van der Waals surface area contributed by atoms with Crippen molar-refractivity contribution in [3.05, 3.63) is 53.1 Å². The Hall–Kier alpha value is -3.44. The van der Waals surface area contributed by atoms with Crippen LogP contribution in [0.3, 0.4) is 0 Å². The molecule has 0 spiro atoms. The number of aromatic nitrogens is 5. The fourth-order valence-electron chi connectivity index (χ4n) is 2.87. The minimum absolute atomic E-state index is 0.475. The molecule has 8 nitrogen and oxygen atoms in total. The number of aryl methyl sites for hydroxylation is 1. The van der Waals surface area contributed by atoms with Crippen LogP contribution in [0.25, 0.3) is 16.7 Å². The van der Waals surface area contributed by atoms with E-state index in [4.69, 9.17) is 11.6 Å². The summed E-state index contributed by atoms with van der Waals surface area (Å²) in [5.74, 6) is 1.35. The van der Waals surface area contributed by atoms with Gasteiger partial charge >= 0.3 is 0 Å². The second-order valence-electron chi connectivity index (χ2n) is 5.93. The summed E-state index contributed by atoms with van der Waals surface area (Å²) in [7, 11) is 0. The van der Waals surface area contributed by atoms with Gasteiger partial charge in [0.15, 0.2) is 0 Å². The first-order valence-electron chi connectivity index (χ1n) is 8.29. The predicted molar refractivity (Wildman–Crippen MR) is 104 cm³/mol. The lowest BCUT2D eigenvalue weighted by Crippen LogP contribution is -2.16. The summed E-state index contributed by atoms with van der Waals surface area (Å²) < 4.78 is 1.65. The Labute approximate surface area is 159 Å². The molecular weight excluding hydrogens is 364 g/mol. The Kier molecular flexibility index (Phi) is 4.44. The van der Waals surface area contributed by atoms with Crippen LogP contribution in [0.4, 0.5) is 11.5 Å². The number of rotatable bonds is 5. The summed E-state index contributed by atoms with van der Waals surface area (Å²) in [6.07, 6.45) is 3.04. The highest BCUT2D eigenvalue weighted by atomic mass is 35.5. The summed E-state index contributed by atoms with van der Waals surface area (Å²) in [6.45, 7) is 3.09. The van der Waals surface area contributed by atoms with E-state index in [9.17, 15) is 5.26 Å². The van der Waals surface area contributed by atoms with E-state index in [1.165, 1.54) is 6.33 Å². The van der Waals surface area contributed by atoms with Gasteiger partial charge in [0.05, 0.1) is 16.8 Å². The summed E-state index contributed by atoms with van der Waals surface area (Å²) in [6, 6.07) is 9.51. The van der Waals surface area contributed by atoms with Crippen molar-refractivity contribution in [2.45, 2.75) is 6.92 Å². The van der Waals surface area contributed by atoms with Gasteiger partial charge in [-0.25, -0.2) is 4.98 Å². The first-order valence-corrected chi connectivity index (χ1v) is 8.67. The molecule has 0 unspecified atom stereocenters. The molecule has 3 heterocycles. The number of benzene rings is 1. The summed E-state index contributed by atoms with van der Waals surface area (Å²) in [5, 5.41) is 21.6. The molecule has 27 heavy (non-hydrogen) atoms. The zero-order valence-electron chi connectivity index (χ0n) is 14.4. The van der Waals surface area contributed by atoms with Crippen LogP contribution in [-0.4, -0.2) is 37.7 Å². The van der Waals surface area contributed by atoms with E-state index in [1.54, 1.807) is 16.8 Å². The van der Waals surface area contributed by atoms with Crippen molar-refractivity contribution in [2.24, 2.45) is 0 Å². The minimum atomic E-state index is 0.475. The van der Waals surface area contributed by atoms with E-state index in [0.29, 0.717) is 29.5 Å². The number of nitriles is 1. The maximum absolute atomic E-state index is 9.40. The van der Waals surface area contributed by atoms with Crippen LogP contribution in [0.5, 0.6) is 0 Å². The summed E-state index contributed by atoms with van der Waals surface area (Å²) in [5.41, 5.74) is 2.84. The third kappa shape index (κ3) is 3.32. The molecule has 0 atom stereocenters. The number of nitrogens with one attached hydrogen (secondary N) is 2. The smallest absolute Gasteiger partial charge is 0.254 e. The number of anilines is 2.